The molecule has 7 heteroatoms. The van der Waals surface area contributed by atoms with Crippen molar-refractivity contribution in [2.75, 3.05) is 13.1 Å². The fraction of sp³-hybridized carbons (Fsp3) is 0.600. The number of rotatable bonds is 2. The number of aliphatic carboxylic acids is 1. The van der Waals surface area contributed by atoms with Gasteiger partial charge in [-0.15, -0.1) is 0 Å². The van der Waals surface area contributed by atoms with Crippen molar-refractivity contribution in [1.29, 1.82) is 0 Å². The van der Waals surface area contributed by atoms with Gasteiger partial charge in [0, 0.05) is 25.2 Å². The summed E-state index contributed by atoms with van der Waals surface area (Å²) in [5, 5.41) is 8.30. The topological polar surface area (TPSA) is 57.6 Å². The van der Waals surface area contributed by atoms with E-state index >= 15 is 0 Å². The minimum atomic E-state index is -4.31. The smallest absolute Gasteiger partial charge is 0.393 e. The lowest BCUT2D eigenvalue weighted by atomic mass is 9.97. The van der Waals surface area contributed by atoms with Gasteiger partial charge in [-0.3, -0.25) is 4.79 Å². The Morgan fingerprint density at radius 1 is 1.29 bits per heavy atom. The molecule has 4 nitrogen and oxygen atoms in total. The average Bonchev–Trinajstić information content (AvgIpc) is 2.25. The van der Waals surface area contributed by atoms with E-state index in [1.54, 1.807) is 0 Å². The molecule has 1 rings (SSSR count). The Balaban J connectivity index is 2.61. The maximum Gasteiger partial charge on any atom is 0.393 e. The second-order valence-corrected chi connectivity index (χ2v) is 3.84. The molecule has 0 unspecified atom stereocenters. The second kappa shape index (κ2) is 5.20. The van der Waals surface area contributed by atoms with Gasteiger partial charge in [0.25, 0.3) is 0 Å². The maximum atomic E-state index is 12.4. The molecule has 17 heavy (non-hydrogen) atoms. The van der Waals surface area contributed by atoms with E-state index < -0.39 is 30.5 Å². The third-order valence-corrected chi connectivity index (χ3v) is 2.56. The van der Waals surface area contributed by atoms with Crippen molar-refractivity contribution < 1.29 is 27.9 Å². The molecule has 96 valence electrons. The fourth-order valence-electron chi connectivity index (χ4n) is 1.69. The Kier molecular flexibility index (Phi) is 4.14. The lowest BCUT2D eigenvalue weighted by Gasteiger charge is -2.33. The number of carboxylic acids is 1. The molecule has 1 aliphatic heterocycles. The molecule has 1 amide bonds. The predicted molar refractivity (Wildman–Crippen MR) is 52.1 cm³/mol. The zero-order chi connectivity index (χ0) is 13.1. The molecule has 0 saturated carbocycles. The first-order valence-corrected chi connectivity index (χ1v) is 5.07. The highest BCUT2D eigenvalue weighted by atomic mass is 19.4. The van der Waals surface area contributed by atoms with Crippen LogP contribution in [0.4, 0.5) is 13.2 Å². The van der Waals surface area contributed by atoms with E-state index in [-0.39, 0.29) is 19.4 Å². The lowest BCUT2D eigenvalue weighted by Crippen LogP contribution is -2.44. The zero-order valence-corrected chi connectivity index (χ0v) is 8.91. The van der Waals surface area contributed by atoms with Crippen LogP contribution in [0, 0.1) is 5.92 Å². The van der Waals surface area contributed by atoms with E-state index in [4.69, 9.17) is 5.11 Å². The van der Waals surface area contributed by atoms with E-state index in [0.29, 0.717) is 6.08 Å². The van der Waals surface area contributed by atoms with Crippen molar-refractivity contribution in [3.05, 3.63) is 12.2 Å². The van der Waals surface area contributed by atoms with Crippen LogP contribution in [-0.4, -0.2) is 41.1 Å². The highest BCUT2D eigenvalue weighted by molar-refractivity contribution is 5.93. The average molecular weight is 251 g/mol. The molecule has 1 fully saturated rings. The number of piperidine rings is 1. The molecule has 1 saturated heterocycles. The number of nitrogens with zero attached hydrogens (tertiary/aromatic N) is 1. The Bertz CT molecular complexity index is 338. The second-order valence-electron chi connectivity index (χ2n) is 3.84. The third kappa shape index (κ3) is 4.08. The molecule has 0 aliphatic carbocycles. The van der Waals surface area contributed by atoms with Crippen LogP contribution in [0.25, 0.3) is 0 Å². The van der Waals surface area contributed by atoms with Crippen molar-refractivity contribution >= 4 is 11.9 Å². The molecule has 0 radical (unpaired) electrons. The minimum absolute atomic E-state index is 0.00985. The van der Waals surface area contributed by atoms with E-state index in [0.717, 1.165) is 11.0 Å². The van der Waals surface area contributed by atoms with Crippen molar-refractivity contribution in [2.24, 2.45) is 5.92 Å². The van der Waals surface area contributed by atoms with Gasteiger partial charge in [-0.2, -0.15) is 13.2 Å². The highest BCUT2D eigenvalue weighted by Crippen LogP contribution is 2.33. The molecule has 0 bridgehead atoms. The van der Waals surface area contributed by atoms with Gasteiger partial charge in [0.15, 0.2) is 0 Å². The Hall–Kier alpha value is -1.53. The van der Waals surface area contributed by atoms with Crippen LogP contribution in [0.5, 0.6) is 0 Å². The molecule has 1 atom stereocenters. The van der Waals surface area contributed by atoms with Gasteiger partial charge in [-0.05, 0) is 12.8 Å². The van der Waals surface area contributed by atoms with Crippen LogP contribution in [-0.2, 0) is 9.59 Å². The summed E-state index contributed by atoms with van der Waals surface area (Å²) in [5.41, 5.74) is 0. The molecule has 1 heterocycles. The summed E-state index contributed by atoms with van der Waals surface area (Å²) < 4.78 is 37.3. The number of carboxylic acid groups (broad SMARTS) is 1. The summed E-state index contributed by atoms with van der Waals surface area (Å²) in [6, 6.07) is 0. The summed E-state index contributed by atoms with van der Waals surface area (Å²) in [6.45, 7) is -0.165. The minimum Gasteiger partial charge on any atom is -0.478 e. The van der Waals surface area contributed by atoms with Crippen LogP contribution >= 0.6 is 0 Å². The Morgan fingerprint density at radius 2 is 1.94 bits per heavy atom. The van der Waals surface area contributed by atoms with Gasteiger partial charge in [0.1, 0.15) is 0 Å². The first-order valence-electron chi connectivity index (χ1n) is 5.07. The maximum absolute atomic E-state index is 12.4. The normalized spacial score (nSPS) is 21.8. The first kappa shape index (κ1) is 13.5. The Morgan fingerprint density at radius 3 is 2.47 bits per heavy atom. The molecular formula is C10H12F3NO3. The van der Waals surface area contributed by atoms with Gasteiger partial charge in [-0.1, -0.05) is 0 Å². The molecule has 1 aliphatic rings. The third-order valence-electron chi connectivity index (χ3n) is 2.56. The van der Waals surface area contributed by atoms with Crippen LogP contribution in [0.2, 0.25) is 0 Å². The molecule has 0 spiro atoms. The van der Waals surface area contributed by atoms with Gasteiger partial charge < -0.3 is 10.0 Å². The first-order chi connectivity index (χ1) is 7.80. The summed E-state index contributed by atoms with van der Waals surface area (Å²) in [5.74, 6) is -3.51. The molecule has 0 aromatic rings. The number of carbonyl (C=O) groups is 2. The van der Waals surface area contributed by atoms with Crippen molar-refractivity contribution in [3.63, 3.8) is 0 Å². The van der Waals surface area contributed by atoms with Gasteiger partial charge in [-0.25, -0.2) is 4.79 Å². The largest absolute Gasteiger partial charge is 0.478 e. The van der Waals surface area contributed by atoms with Crippen molar-refractivity contribution in [2.45, 2.75) is 19.0 Å². The van der Waals surface area contributed by atoms with Gasteiger partial charge in [0.05, 0.1) is 5.92 Å². The molecule has 0 aromatic carbocycles. The van der Waals surface area contributed by atoms with Crippen molar-refractivity contribution in [1.82, 2.24) is 4.90 Å². The number of likely N-dealkylation sites (tertiary alicyclic amines) is 1. The molecule has 1 N–H and O–H groups in total. The number of carbonyl (C=O) groups excluding carboxylic acids is 1. The lowest BCUT2D eigenvalue weighted by molar-refractivity contribution is -0.187. The van der Waals surface area contributed by atoms with Crippen molar-refractivity contribution in [3.8, 4) is 0 Å². The Labute approximate surface area is 95.7 Å². The summed E-state index contributed by atoms with van der Waals surface area (Å²) >= 11 is 0. The van der Waals surface area contributed by atoms with E-state index in [1.165, 1.54) is 0 Å². The van der Waals surface area contributed by atoms with Crippen LogP contribution in [0.1, 0.15) is 12.8 Å². The summed E-state index contributed by atoms with van der Waals surface area (Å²) in [4.78, 5) is 22.6. The zero-order valence-electron chi connectivity index (χ0n) is 8.91. The number of halogens is 3. The number of alkyl halides is 3. The standard InChI is InChI=1S/C10H12F3NO3/c11-10(12,13)7-2-1-5-14(6-7)8(15)3-4-9(16)17/h3-4,7H,1-2,5-6H2,(H,16,17)/b4-3+/t7-/m0/s1. The van der Waals surface area contributed by atoms with E-state index in [2.05, 4.69) is 0 Å². The van der Waals surface area contributed by atoms with Gasteiger partial charge in [0.2, 0.25) is 5.91 Å². The highest BCUT2D eigenvalue weighted by Gasteiger charge is 2.42. The number of hydrogen-bond donors (Lipinski definition) is 1. The summed E-state index contributed by atoms with van der Waals surface area (Å²) in [7, 11) is 0. The SMILES string of the molecule is O=C(O)/C=C/C(=O)N1CCC[C@H](C(F)(F)F)C1. The van der Waals surface area contributed by atoms with Crippen LogP contribution in [0.3, 0.4) is 0 Å². The van der Waals surface area contributed by atoms with Crippen LogP contribution in [0.15, 0.2) is 12.2 Å². The number of hydrogen-bond acceptors (Lipinski definition) is 2. The van der Waals surface area contributed by atoms with Gasteiger partial charge >= 0.3 is 12.1 Å². The predicted octanol–water partition coefficient (Wildman–Crippen LogP) is 1.43. The quantitative estimate of drug-likeness (QED) is 0.755. The fourth-order valence-corrected chi connectivity index (χ4v) is 1.69. The van der Waals surface area contributed by atoms with Crippen LogP contribution < -0.4 is 0 Å². The number of amides is 1. The molecule has 0 aromatic heterocycles. The van der Waals surface area contributed by atoms with E-state index in [9.17, 15) is 22.8 Å². The summed E-state index contributed by atoms with van der Waals surface area (Å²) in [6.07, 6.45) is -2.62. The monoisotopic (exact) mass is 251 g/mol. The van der Waals surface area contributed by atoms with E-state index in [1.807, 2.05) is 0 Å². The molecular weight excluding hydrogens is 239 g/mol.